The Morgan fingerprint density at radius 1 is 1.13 bits per heavy atom. The number of carbonyl (C=O) groups excluding carboxylic acids is 3. The van der Waals surface area contributed by atoms with E-state index in [2.05, 4.69) is 10.4 Å². The summed E-state index contributed by atoms with van der Waals surface area (Å²) in [6.45, 7) is 3.26. The van der Waals surface area contributed by atoms with Crippen LogP contribution in [0, 0.1) is 6.92 Å². The highest BCUT2D eigenvalue weighted by Gasteiger charge is 2.23. The number of hydrogen-bond acceptors (Lipinski definition) is 7. The zero-order valence-electron chi connectivity index (χ0n) is 17.0. The van der Waals surface area contributed by atoms with Crippen LogP contribution in [0.1, 0.15) is 49.8 Å². The van der Waals surface area contributed by atoms with E-state index in [-0.39, 0.29) is 29.5 Å². The first kappa shape index (κ1) is 20.8. The number of carbonyl (C=O) groups is 3. The lowest BCUT2D eigenvalue weighted by Crippen LogP contribution is -2.16. The highest BCUT2D eigenvalue weighted by Crippen LogP contribution is 2.22. The van der Waals surface area contributed by atoms with Gasteiger partial charge in [-0.3, -0.25) is 14.3 Å². The Bertz CT molecular complexity index is 1090. The van der Waals surface area contributed by atoms with Crippen LogP contribution in [-0.4, -0.2) is 34.6 Å². The van der Waals surface area contributed by atoms with Crippen LogP contribution >= 0.6 is 0 Å². The number of anilines is 1. The minimum atomic E-state index is -0.613. The van der Waals surface area contributed by atoms with Gasteiger partial charge in [0.2, 0.25) is 0 Å². The summed E-state index contributed by atoms with van der Waals surface area (Å²) >= 11 is 0. The summed E-state index contributed by atoms with van der Waals surface area (Å²) in [5.41, 5.74) is 1.45. The Morgan fingerprint density at radius 2 is 1.83 bits per heavy atom. The number of nitrogens with zero attached hydrogens (tertiary/aromatic N) is 2. The van der Waals surface area contributed by atoms with Crippen LogP contribution in [0.25, 0.3) is 0 Å². The summed E-state index contributed by atoms with van der Waals surface area (Å²) < 4.78 is 17.2. The molecule has 1 N–H and O–H groups in total. The number of ketones is 1. The first-order valence-electron chi connectivity index (χ1n) is 9.06. The normalized spacial score (nSPS) is 10.5. The highest BCUT2D eigenvalue weighted by molar-refractivity contribution is 6.06. The van der Waals surface area contributed by atoms with E-state index in [4.69, 9.17) is 13.9 Å². The molecule has 30 heavy (non-hydrogen) atoms. The standard InChI is InChI=1S/C21H21N3O6/c1-12-18(19(21(27)28-4)24(3)23-12)22-20(26)17-10-9-16(30-17)11-29-15-7-5-14(6-8-15)13(2)25/h5-10H,11H2,1-4H3,(H,22,26). The van der Waals surface area contributed by atoms with Crippen molar-refractivity contribution in [3.8, 4) is 5.75 Å². The molecular formula is C21H21N3O6. The van der Waals surface area contributed by atoms with Gasteiger partial charge >= 0.3 is 5.97 Å². The zero-order valence-corrected chi connectivity index (χ0v) is 17.0. The van der Waals surface area contributed by atoms with Crippen molar-refractivity contribution in [2.75, 3.05) is 12.4 Å². The maximum atomic E-state index is 12.6. The van der Waals surface area contributed by atoms with Gasteiger partial charge in [0.15, 0.2) is 17.2 Å². The van der Waals surface area contributed by atoms with E-state index in [1.807, 2.05) is 0 Å². The molecule has 0 bridgehead atoms. The third-order valence-electron chi connectivity index (χ3n) is 4.37. The summed E-state index contributed by atoms with van der Waals surface area (Å²) in [5, 5.41) is 6.79. The Kier molecular flexibility index (Phi) is 6.01. The number of esters is 1. The van der Waals surface area contributed by atoms with E-state index in [1.54, 1.807) is 44.3 Å². The quantitative estimate of drug-likeness (QED) is 0.469. The van der Waals surface area contributed by atoms with Crippen LogP contribution in [0.2, 0.25) is 0 Å². The van der Waals surface area contributed by atoms with Crippen molar-refractivity contribution in [1.29, 1.82) is 0 Å². The molecule has 2 heterocycles. The van der Waals surface area contributed by atoms with Gasteiger partial charge in [-0.05, 0) is 50.2 Å². The summed E-state index contributed by atoms with van der Waals surface area (Å²) in [4.78, 5) is 35.8. The average Bonchev–Trinajstić information content (AvgIpc) is 3.30. The Morgan fingerprint density at radius 3 is 2.47 bits per heavy atom. The van der Waals surface area contributed by atoms with Gasteiger partial charge < -0.3 is 19.2 Å². The van der Waals surface area contributed by atoms with Crippen molar-refractivity contribution < 1.29 is 28.3 Å². The molecule has 0 aliphatic carbocycles. The third-order valence-corrected chi connectivity index (χ3v) is 4.37. The molecule has 0 radical (unpaired) electrons. The first-order chi connectivity index (χ1) is 14.3. The van der Waals surface area contributed by atoms with Crippen LogP contribution in [-0.2, 0) is 18.4 Å². The number of nitrogens with one attached hydrogen (secondary N) is 1. The zero-order chi connectivity index (χ0) is 21.8. The molecule has 0 atom stereocenters. The SMILES string of the molecule is COC(=O)c1c(NC(=O)c2ccc(COc3ccc(C(C)=O)cc3)o2)c(C)nn1C. The largest absolute Gasteiger partial charge is 0.486 e. The van der Waals surface area contributed by atoms with Gasteiger partial charge in [0.05, 0.1) is 18.5 Å². The van der Waals surface area contributed by atoms with E-state index in [1.165, 1.54) is 24.8 Å². The smallest absolute Gasteiger partial charge is 0.358 e. The minimum absolute atomic E-state index is 0.0255. The Labute approximate surface area is 172 Å². The predicted octanol–water partition coefficient (Wildman–Crippen LogP) is 3.14. The molecule has 0 aliphatic rings. The van der Waals surface area contributed by atoms with Crippen molar-refractivity contribution in [3.05, 3.63) is 64.9 Å². The Balaban J connectivity index is 1.67. The molecule has 3 rings (SSSR count). The van der Waals surface area contributed by atoms with Gasteiger partial charge in [-0.25, -0.2) is 4.79 Å². The Hall–Kier alpha value is -3.88. The predicted molar refractivity (Wildman–Crippen MR) is 107 cm³/mol. The van der Waals surface area contributed by atoms with Crippen molar-refractivity contribution in [1.82, 2.24) is 9.78 Å². The first-order valence-corrected chi connectivity index (χ1v) is 9.06. The lowest BCUT2D eigenvalue weighted by molar-refractivity contribution is 0.0589. The van der Waals surface area contributed by atoms with Crippen molar-refractivity contribution in [2.24, 2.45) is 7.05 Å². The van der Waals surface area contributed by atoms with Gasteiger partial charge in [0.25, 0.3) is 5.91 Å². The molecule has 0 saturated heterocycles. The number of methoxy groups -OCH3 is 1. The molecule has 156 valence electrons. The number of amides is 1. The van der Waals surface area contributed by atoms with Gasteiger partial charge in [0.1, 0.15) is 18.1 Å². The monoisotopic (exact) mass is 411 g/mol. The lowest BCUT2D eigenvalue weighted by Gasteiger charge is -2.06. The van der Waals surface area contributed by atoms with Crippen molar-refractivity contribution in [3.63, 3.8) is 0 Å². The molecule has 9 heteroatoms. The van der Waals surface area contributed by atoms with Crippen LogP contribution in [0.4, 0.5) is 5.69 Å². The van der Waals surface area contributed by atoms with Crippen LogP contribution in [0.3, 0.4) is 0 Å². The maximum absolute atomic E-state index is 12.6. The van der Waals surface area contributed by atoms with E-state index in [0.717, 1.165) is 0 Å². The number of benzene rings is 1. The molecule has 0 unspecified atom stereocenters. The number of hydrogen-bond donors (Lipinski definition) is 1. The molecule has 0 saturated carbocycles. The lowest BCUT2D eigenvalue weighted by atomic mass is 10.1. The maximum Gasteiger partial charge on any atom is 0.358 e. The number of furan rings is 1. The van der Waals surface area contributed by atoms with E-state index in [9.17, 15) is 14.4 Å². The van der Waals surface area contributed by atoms with Crippen molar-refractivity contribution >= 4 is 23.3 Å². The summed E-state index contributed by atoms with van der Waals surface area (Å²) in [7, 11) is 2.84. The molecular weight excluding hydrogens is 390 g/mol. The van der Waals surface area contributed by atoms with E-state index >= 15 is 0 Å². The molecule has 2 aromatic heterocycles. The minimum Gasteiger partial charge on any atom is -0.486 e. The van der Waals surface area contributed by atoms with Gasteiger partial charge in [-0.1, -0.05) is 0 Å². The molecule has 9 nitrogen and oxygen atoms in total. The van der Waals surface area contributed by atoms with Gasteiger partial charge in [-0.2, -0.15) is 5.10 Å². The molecule has 1 amide bonds. The van der Waals surface area contributed by atoms with E-state index < -0.39 is 11.9 Å². The highest BCUT2D eigenvalue weighted by atomic mass is 16.5. The molecule has 0 spiro atoms. The van der Waals surface area contributed by atoms with Gasteiger partial charge in [0, 0.05) is 12.6 Å². The topological polar surface area (TPSA) is 113 Å². The summed E-state index contributed by atoms with van der Waals surface area (Å²) in [6, 6.07) is 9.85. The molecule has 1 aromatic carbocycles. The number of ether oxygens (including phenoxy) is 2. The summed E-state index contributed by atoms with van der Waals surface area (Å²) in [6.07, 6.45) is 0. The second-order valence-corrected chi connectivity index (χ2v) is 6.51. The average molecular weight is 411 g/mol. The second kappa shape index (κ2) is 8.64. The number of Topliss-reactive ketones (excluding diaryl/α,β-unsaturated/α-hetero) is 1. The fourth-order valence-electron chi connectivity index (χ4n) is 2.83. The fourth-order valence-corrected chi connectivity index (χ4v) is 2.83. The molecule has 0 fully saturated rings. The molecule has 0 aliphatic heterocycles. The third kappa shape index (κ3) is 4.40. The van der Waals surface area contributed by atoms with Gasteiger partial charge in [-0.15, -0.1) is 0 Å². The number of aromatic nitrogens is 2. The second-order valence-electron chi connectivity index (χ2n) is 6.51. The van der Waals surface area contributed by atoms with Crippen molar-refractivity contribution in [2.45, 2.75) is 20.5 Å². The van der Waals surface area contributed by atoms with E-state index in [0.29, 0.717) is 22.8 Å². The molecule has 3 aromatic rings. The van der Waals surface area contributed by atoms with Crippen LogP contribution in [0.15, 0.2) is 40.8 Å². The number of aryl methyl sites for hydroxylation is 2. The van der Waals surface area contributed by atoms with Crippen LogP contribution in [0.5, 0.6) is 5.75 Å². The number of rotatable bonds is 7. The summed E-state index contributed by atoms with van der Waals surface area (Å²) in [5.74, 6) is -0.115. The van der Waals surface area contributed by atoms with Crippen LogP contribution < -0.4 is 10.1 Å². The fraction of sp³-hybridized carbons (Fsp3) is 0.238.